The van der Waals surface area contributed by atoms with Crippen LogP contribution in [-0.2, 0) is 0 Å². The lowest BCUT2D eigenvalue weighted by Crippen LogP contribution is -2.48. The van der Waals surface area contributed by atoms with Gasteiger partial charge in [-0.3, -0.25) is 9.80 Å². The summed E-state index contributed by atoms with van der Waals surface area (Å²) in [4.78, 5) is 4.71. The normalized spacial score (nSPS) is 22.9. The molecule has 2 aromatic rings. The van der Waals surface area contributed by atoms with Crippen LogP contribution < -0.4 is 0 Å². The first kappa shape index (κ1) is 24.0. The van der Waals surface area contributed by atoms with Crippen LogP contribution in [0.25, 0.3) is 0 Å². The Morgan fingerprint density at radius 2 is 0.882 bits per heavy atom. The van der Waals surface area contributed by atoms with Crippen molar-refractivity contribution in [2.75, 3.05) is 39.3 Å². The zero-order valence-electron chi connectivity index (χ0n) is 20.6. The molecule has 1 heterocycles. The quantitative estimate of drug-likeness (QED) is 0.552. The molecule has 3 aliphatic rings. The molecule has 0 bridgehead atoms. The Morgan fingerprint density at radius 1 is 0.559 bits per heavy atom. The molecular formula is C30H42N2O2. The van der Waals surface area contributed by atoms with Crippen LogP contribution in [0.5, 0.6) is 0 Å². The first-order valence-electron chi connectivity index (χ1n) is 13.7. The third kappa shape index (κ3) is 5.91. The molecule has 184 valence electrons. The molecule has 2 unspecified atom stereocenters. The van der Waals surface area contributed by atoms with Crippen LogP contribution in [0.4, 0.5) is 0 Å². The fraction of sp³-hybridized carbons (Fsp3) is 0.600. The summed E-state index contributed by atoms with van der Waals surface area (Å²) in [6.07, 6.45) is 9.78. The molecule has 5 rings (SSSR count). The van der Waals surface area contributed by atoms with Gasteiger partial charge in [-0.05, 0) is 59.8 Å². The number of benzene rings is 2. The van der Waals surface area contributed by atoms with Crippen molar-refractivity contribution >= 4 is 0 Å². The van der Waals surface area contributed by atoms with Crippen LogP contribution in [-0.4, -0.2) is 59.3 Å². The van der Waals surface area contributed by atoms with E-state index in [1.54, 1.807) is 0 Å². The van der Waals surface area contributed by atoms with E-state index in [1.165, 1.54) is 62.5 Å². The van der Waals surface area contributed by atoms with Gasteiger partial charge in [-0.15, -0.1) is 0 Å². The summed E-state index contributed by atoms with van der Waals surface area (Å²) in [6.45, 7) is 5.10. The summed E-state index contributed by atoms with van der Waals surface area (Å²) in [7, 11) is 0. The Kier molecular flexibility index (Phi) is 8.01. The average Bonchev–Trinajstić information content (AvgIpc) is 3.60. The second-order valence-corrected chi connectivity index (χ2v) is 10.9. The molecule has 3 fully saturated rings. The maximum atomic E-state index is 10.8. The first-order valence-corrected chi connectivity index (χ1v) is 13.7. The van der Waals surface area contributed by atoms with Gasteiger partial charge in [-0.2, -0.15) is 0 Å². The number of β-amino-alcohol motifs (C(OH)–C–C–N with tert-alkyl or cyclic N) is 2. The molecule has 1 aliphatic heterocycles. The summed E-state index contributed by atoms with van der Waals surface area (Å²) in [5.74, 6) is 1.44. The summed E-state index contributed by atoms with van der Waals surface area (Å²) in [5, 5.41) is 21.6. The van der Waals surface area contributed by atoms with Crippen LogP contribution in [0.2, 0.25) is 0 Å². The van der Waals surface area contributed by atoms with Crippen molar-refractivity contribution in [2.45, 2.75) is 75.4 Å². The predicted molar refractivity (Wildman–Crippen MR) is 138 cm³/mol. The minimum atomic E-state index is -0.437. The molecule has 2 aromatic carbocycles. The second kappa shape index (κ2) is 11.3. The maximum Gasteiger partial charge on any atom is 0.0916 e. The highest BCUT2D eigenvalue weighted by Gasteiger charge is 2.23. The van der Waals surface area contributed by atoms with Crippen molar-refractivity contribution in [1.29, 1.82) is 0 Å². The zero-order chi connectivity index (χ0) is 23.3. The van der Waals surface area contributed by atoms with Gasteiger partial charge in [0, 0.05) is 39.3 Å². The highest BCUT2D eigenvalue weighted by Crippen LogP contribution is 2.35. The monoisotopic (exact) mass is 462 g/mol. The van der Waals surface area contributed by atoms with Gasteiger partial charge >= 0.3 is 0 Å². The predicted octanol–water partition coefficient (Wildman–Crippen LogP) is 5.39. The van der Waals surface area contributed by atoms with Gasteiger partial charge in [-0.1, -0.05) is 74.2 Å². The Balaban J connectivity index is 1.06. The van der Waals surface area contributed by atoms with Crippen molar-refractivity contribution in [3.8, 4) is 0 Å². The van der Waals surface area contributed by atoms with Crippen LogP contribution in [0.3, 0.4) is 0 Å². The molecule has 4 nitrogen and oxygen atoms in total. The van der Waals surface area contributed by atoms with Crippen molar-refractivity contribution in [3.05, 3.63) is 70.8 Å². The molecule has 2 saturated carbocycles. The van der Waals surface area contributed by atoms with Gasteiger partial charge in [0.25, 0.3) is 0 Å². The van der Waals surface area contributed by atoms with Gasteiger partial charge in [0.15, 0.2) is 0 Å². The lowest BCUT2D eigenvalue weighted by atomic mass is 9.95. The number of hydrogen-bond acceptors (Lipinski definition) is 4. The molecule has 0 radical (unpaired) electrons. The van der Waals surface area contributed by atoms with E-state index >= 15 is 0 Å². The number of aliphatic hydroxyl groups excluding tert-OH is 2. The van der Waals surface area contributed by atoms with Gasteiger partial charge < -0.3 is 10.2 Å². The van der Waals surface area contributed by atoms with Crippen molar-refractivity contribution in [2.24, 2.45) is 0 Å². The highest BCUT2D eigenvalue weighted by atomic mass is 16.3. The van der Waals surface area contributed by atoms with E-state index in [-0.39, 0.29) is 0 Å². The molecule has 1 saturated heterocycles. The summed E-state index contributed by atoms with van der Waals surface area (Å²) in [5.41, 5.74) is 4.93. The largest absolute Gasteiger partial charge is 0.387 e. The van der Waals surface area contributed by atoms with Crippen LogP contribution >= 0.6 is 0 Å². The first-order chi connectivity index (χ1) is 16.7. The lowest BCUT2D eigenvalue weighted by molar-refractivity contribution is 0.0482. The van der Waals surface area contributed by atoms with Crippen molar-refractivity contribution in [1.82, 2.24) is 9.80 Å². The van der Waals surface area contributed by atoms with E-state index < -0.39 is 12.2 Å². The highest BCUT2D eigenvalue weighted by molar-refractivity contribution is 5.28. The molecule has 34 heavy (non-hydrogen) atoms. The van der Waals surface area contributed by atoms with Crippen LogP contribution in [0, 0.1) is 0 Å². The van der Waals surface area contributed by atoms with E-state index in [0.29, 0.717) is 13.1 Å². The van der Waals surface area contributed by atoms with Gasteiger partial charge in [0.05, 0.1) is 12.2 Å². The standard InChI is InChI=1S/C30H42N2O2/c33-29(27-13-9-25(10-14-27)23-5-1-2-6-23)21-31-17-19-32(20-18-31)22-30(34)28-15-11-26(12-16-28)24-7-3-4-8-24/h9-16,23-24,29-30,33-34H,1-8,17-22H2. The van der Waals surface area contributed by atoms with Crippen molar-refractivity contribution < 1.29 is 10.2 Å². The molecular weight excluding hydrogens is 420 g/mol. The number of nitrogens with zero attached hydrogens (tertiary/aromatic N) is 2. The number of aliphatic hydroxyl groups is 2. The van der Waals surface area contributed by atoms with E-state index in [9.17, 15) is 10.2 Å². The zero-order valence-corrected chi connectivity index (χ0v) is 20.6. The second-order valence-electron chi connectivity index (χ2n) is 10.9. The molecule has 2 atom stereocenters. The minimum Gasteiger partial charge on any atom is -0.387 e. The molecule has 0 aromatic heterocycles. The van der Waals surface area contributed by atoms with E-state index in [2.05, 4.69) is 58.3 Å². The molecule has 2 N–H and O–H groups in total. The third-order valence-corrected chi connectivity index (χ3v) is 8.62. The number of hydrogen-bond donors (Lipinski definition) is 2. The fourth-order valence-corrected chi connectivity index (χ4v) is 6.35. The fourth-order valence-electron chi connectivity index (χ4n) is 6.35. The SMILES string of the molecule is OC(CN1CCN(CC(O)c2ccc(C3CCCC3)cc2)CC1)c1ccc(C2CCCC2)cc1. The van der Waals surface area contributed by atoms with E-state index in [0.717, 1.165) is 49.1 Å². The van der Waals surface area contributed by atoms with Crippen LogP contribution in [0.15, 0.2) is 48.5 Å². The Labute approximate surface area is 205 Å². The Morgan fingerprint density at radius 3 is 1.21 bits per heavy atom. The summed E-state index contributed by atoms with van der Waals surface area (Å²) in [6, 6.07) is 17.4. The van der Waals surface area contributed by atoms with Gasteiger partial charge in [0.2, 0.25) is 0 Å². The third-order valence-electron chi connectivity index (χ3n) is 8.62. The molecule has 2 aliphatic carbocycles. The Hall–Kier alpha value is -1.72. The van der Waals surface area contributed by atoms with E-state index in [4.69, 9.17) is 0 Å². The van der Waals surface area contributed by atoms with Crippen LogP contribution in [0.1, 0.15) is 97.7 Å². The lowest BCUT2D eigenvalue weighted by Gasteiger charge is -2.36. The maximum absolute atomic E-state index is 10.8. The summed E-state index contributed by atoms with van der Waals surface area (Å²) >= 11 is 0. The number of piperazine rings is 1. The van der Waals surface area contributed by atoms with E-state index in [1.807, 2.05) is 0 Å². The average molecular weight is 463 g/mol. The minimum absolute atomic E-state index is 0.437. The van der Waals surface area contributed by atoms with Gasteiger partial charge in [0.1, 0.15) is 0 Å². The smallest absolute Gasteiger partial charge is 0.0916 e. The topological polar surface area (TPSA) is 46.9 Å². The Bertz CT molecular complexity index is 802. The van der Waals surface area contributed by atoms with Crippen molar-refractivity contribution in [3.63, 3.8) is 0 Å². The van der Waals surface area contributed by atoms with Gasteiger partial charge in [-0.25, -0.2) is 0 Å². The molecule has 0 spiro atoms. The number of rotatable bonds is 8. The molecule has 4 heteroatoms. The summed E-state index contributed by atoms with van der Waals surface area (Å²) < 4.78 is 0. The molecule has 0 amide bonds.